The lowest BCUT2D eigenvalue weighted by atomic mass is 10.0. The van der Waals surface area contributed by atoms with E-state index in [0.29, 0.717) is 24.8 Å². The number of rotatable bonds is 3. The molecule has 0 aromatic carbocycles. The molecule has 0 radical (unpaired) electrons. The Morgan fingerprint density at radius 2 is 2.33 bits per heavy atom. The summed E-state index contributed by atoms with van der Waals surface area (Å²) in [6.45, 7) is 2.56. The van der Waals surface area contributed by atoms with Crippen LogP contribution < -0.4 is 15.4 Å². The standard InChI is InChI=1S/C11H16N4O3/c1-7-5-8(18-2)14-10(13-7)15-4-3-11(12,6-15)9(16)17/h5H,3-4,6,12H2,1-2H3,(H,16,17). The Balaban J connectivity index is 2.24. The number of aliphatic carboxylic acids is 1. The Kier molecular flexibility index (Phi) is 3.08. The number of carboxylic acids is 1. The molecular formula is C11H16N4O3. The van der Waals surface area contributed by atoms with Gasteiger partial charge in [-0.2, -0.15) is 4.98 Å². The van der Waals surface area contributed by atoms with Gasteiger partial charge in [-0.15, -0.1) is 0 Å². The number of carboxylic acid groups (broad SMARTS) is 1. The van der Waals surface area contributed by atoms with Crippen LogP contribution in [0.4, 0.5) is 5.95 Å². The van der Waals surface area contributed by atoms with Crippen molar-refractivity contribution in [2.45, 2.75) is 18.9 Å². The lowest BCUT2D eigenvalue weighted by Crippen LogP contribution is -2.50. The predicted molar refractivity (Wildman–Crippen MR) is 64.7 cm³/mol. The topological polar surface area (TPSA) is 102 Å². The Bertz CT molecular complexity index is 479. The van der Waals surface area contributed by atoms with E-state index in [-0.39, 0.29) is 6.54 Å². The number of aryl methyl sites for hydroxylation is 1. The summed E-state index contributed by atoms with van der Waals surface area (Å²) in [5.41, 5.74) is 5.35. The zero-order chi connectivity index (χ0) is 13.3. The highest BCUT2D eigenvalue weighted by molar-refractivity contribution is 5.80. The van der Waals surface area contributed by atoms with Gasteiger partial charge in [0.25, 0.3) is 0 Å². The fraction of sp³-hybridized carbons (Fsp3) is 0.545. The smallest absolute Gasteiger partial charge is 0.325 e. The van der Waals surface area contributed by atoms with Gasteiger partial charge in [-0.25, -0.2) is 4.98 Å². The van der Waals surface area contributed by atoms with Crippen molar-refractivity contribution in [1.29, 1.82) is 0 Å². The molecule has 1 aliphatic rings. The summed E-state index contributed by atoms with van der Waals surface area (Å²) < 4.78 is 5.07. The number of ether oxygens (including phenoxy) is 1. The summed E-state index contributed by atoms with van der Waals surface area (Å²) in [5.74, 6) is -0.0765. The Morgan fingerprint density at radius 3 is 2.89 bits per heavy atom. The summed E-state index contributed by atoms with van der Waals surface area (Å²) in [5, 5.41) is 9.08. The first-order valence-corrected chi connectivity index (χ1v) is 5.61. The van der Waals surface area contributed by atoms with Crippen LogP contribution in [-0.2, 0) is 4.79 Å². The number of hydrogen-bond donors (Lipinski definition) is 2. The van der Waals surface area contributed by atoms with Crippen LogP contribution in [0.1, 0.15) is 12.1 Å². The van der Waals surface area contributed by atoms with Crippen molar-refractivity contribution in [3.8, 4) is 5.88 Å². The highest BCUT2D eigenvalue weighted by atomic mass is 16.5. The molecule has 1 aromatic rings. The number of methoxy groups -OCH3 is 1. The third-order valence-corrected chi connectivity index (χ3v) is 3.04. The van der Waals surface area contributed by atoms with E-state index < -0.39 is 11.5 Å². The van der Waals surface area contributed by atoms with Crippen LogP contribution in [0.15, 0.2) is 6.07 Å². The van der Waals surface area contributed by atoms with Crippen LogP contribution in [0.3, 0.4) is 0 Å². The molecule has 3 N–H and O–H groups in total. The molecule has 0 amide bonds. The van der Waals surface area contributed by atoms with E-state index in [2.05, 4.69) is 9.97 Å². The largest absolute Gasteiger partial charge is 0.481 e. The van der Waals surface area contributed by atoms with Crippen molar-refractivity contribution in [1.82, 2.24) is 9.97 Å². The van der Waals surface area contributed by atoms with E-state index in [1.54, 1.807) is 11.0 Å². The molecule has 7 nitrogen and oxygen atoms in total. The number of nitrogens with zero attached hydrogens (tertiary/aromatic N) is 3. The van der Waals surface area contributed by atoms with Crippen molar-refractivity contribution in [3.63, 3.8) is 0 Å². The van der Waals surface area contributed by atoms with Crippen LogP contribution in [0.5, 0.6) is 5.88 Å². The molecule has 0 bridgehead atoms. The van der Waals surface area contributed by atoms with Gasteiger partial charge in [-0.3, -0.25) is 4.79 Å². The first-order chi connectivity index (χ1) is 8.44. The number of carbonyl (C=O) groups is 1. The molecule has 2 heterocycles. The lowest BCUT2D eigenvalue weighted by molar-refractivity contribution is -0.142. The SMILES string of the molecule is COc1cc(C)nc(N2CCC(N)(C(=O)O)C2)n1. The molecule has 1 unspecified atom stereocenters. The minimum absolute atomic E-state index is 0.203. The second kappa shape index (κ2) is 4.41. The summed E-state index contributed by atoms with van der Waals surface area (Å²) >= 11 is 0. The molecule has 0 spiro atoms. The highest BCUT2D eigenvalue weighted by Crippen LogP contribution is 2.24. The molecule has 0 aliphatic carbocycles. The number of anilines is 1. The van der Waals surface area contributed by atoms with Crippen LogP contribution in [0, 0.1) is 6.92 Å². The van der Waals surface area contributed by atoms with E-state index in [1.165, 1.54) is 7.11 Å². The van der Waals surface area contributed by atoms with Crippen LogP contribution >= 0.6 is 0 Å². The van der Waals surface area contributed by atoms with Gasteiger partial charge in [0.15, 0.2) is 0 Å². The second-order valence-electron chi connectivity index (χ2n) is 4.48. The predicted octanol–water partition coefficient (Wildman–Crippen LogP) is -0.214. The zero-order valence-electron chi connectivity index (χ0n) is 10.4. The summed E-state index contributed by atoms with van der Waals surface area (Å²) in [6, 6.07) is 1.71. The Hall–Kier alpha value is -1.89. The quantitative estimate of drug-likeness (QED) is 0.767. The third kappa shape index (κ3) is 2.21. The molecule has 1 aromatic heterocycles. The fourth-order valence-electron chi connectivity index (χ4n) is 1.95. The van der Waals surface area contributed by atoms with E-state index >= 15 is 0 Å². The molecule has 1 atom stereocenters. The van der Waals surface area contributed by atoms with Gasteiger partial charge in [0, 0.05) is 24.8 Å². The first-order valence-electron chi connectivity index (χ1n) is 5.61. The number of hydrogen-bond acceptors (Lipinski definition) is 6. The van der Waals surface area contributed by atoms with Gasteiger partial charge in [0.2, 0.25) is 11.8 Å². The maximum Gasteiger partial charge on any atom is 0.325 e. The normalized spacial score (nSPS) is 23.2. The molecule has 98 valence electrons. The molecule has 7 heteroatoms. The Labute approximate surface area is 105 Å². The minimum Gasteiger partial charge on any atom is -0.481 e. The fourth-order valence-corrected chi connectivity index (χ4v) is 1.95. The zero-order valence-corrected chi connectivity index (χ0v) is 10.4. The van der Waals surface area contributed by atoms with E-state index in [1.807, 2.05) is 6.92 Å². The summed E-state index contributed by atoms with van der Waals surface area (Å²) in [6.07, 6.45) is 0.377. The van der Waals surface area contributed by atoms with Gasteiger partial charge >= 0.3 is 5.97 Å². The number of aromatic nitrogens is 2. The highest BCUT2D eigenvalue weighted by Gasteiger charge is 2.42. The second-order valence-corrected chi connectivity index (χ2v) is 4.48. The van der Waals surface area contributed by atoms with E-state index in [4.69, 9.17) is 15.6 Å². The monoisotopic (exact) mass is 252 g/mol. The molecule has 2 rings (SSSR count). The van der Waals surface area contributed by atoms with Gasteiger partial charge in [0.1, 0.15) is 5.54 Å². The Morgan fingerprint density at radius 1 is 1.61 bits per heavy atom. The van der Waals surface area contributed by atoms with Crippen LogP contribution in [0.25, 0.3) is 0 Å². The van der Waals surface area contributed by atoms with Crippen molar-refractivity contribution in [2.24, 2.45) is 5.73 Å². The van der Waals surface area contributed by atoms with Crippen molar-refractivity contribution < 1.29 is 14.6 Å². The first kappa shape index (κ1) is 12.6. The third-order valence-electron chi connectivity index (χ3n) is 3.04. The van der Waals surface area contributed by atoms with Crippen molar-refractivity contribution >= 4 is 11.9 Å². The minimum atomic E-state index is -1.22. The maximum atomic E-state index is 11.1. The van der Waals surface area contributed by atoms with E-state index in [0.717, 1.165) is 5.69 Å². The van der Waals surface area contributed by atoms with Crippen LogP contribution in [0.2, 0.25) is 0 Å². The molecule has 18 heavy (non-hydrogen) atoms. The molecule has 1 saturated heterocycles. The average Bonchev–Trinajstić information content (AvgIpc) is 2.72. The van der Waals surface area contributed by atoms with E-state index in [9.17, 15) is 4.79 Å². The molecule has 1 fully saturated rings. The average molecular weight is 252 g/mol. The van der Waals surface area contributed by atoms with Gasteiger partial charge in [-0.1, -0.05) is 0 Å². The van der Waals surface area contributed by atoms with Crippen LogP contribution in [-0.4, -0.2) is 46.8 Å². The lowest BCUT2D eigenvalue weighted by Gasteiger charge is -2.20. The summed E-state index contributed by atoms with van der Waals surface area (Å²) in [7, 11) is 1.53. The van der Waals surface area contributed by atoms with Gasteiger partial charge in [0.05, 0.1) is 7.11 Å². The molecule has 0 saturated carbocycles. The molecular weight excluding hydrogens is 236 g/mol. The maximum absolute atomic E-state index is 11.1. The van der Waals surface area contributed by atoms with Gasteiger partial charge < -0.3 is 20.5 Å². The van der Waals surface area contributed by atoms with Gasteiger partial charge in [-0.05, 0) is 13.3 Å². The van der Waals surface area contributed by atoms with Crippen molar-refractivity contribution in [2.75, 3.05) is 25.1 Å². The van der Waals surface area contributed by atoms with Crippen molar-refractivity contribution in [3.05, 3.63) is 11.8 Å². The summed E-state index contributed by atoms with van der Waals surface area (Å²) in [4.78, 5) is 21.3. The number of nitrogens with two attached hydrogens (primary N) is 1. The molecule has 1 aliphatic heterocycles.